The molecule has 0 bridgehead atoms. The van der Waals surface area contributed by atoms with Gasteiger partial charge in [-0.1, -0.05) is 42.5 Å². The Balaban J connectivity index is 1.39. The van der Waals surface area contributed by atoms with Crippen LogP contribution in [0.25, 0.3) is 0 Å². The average molecular weight is 446 g/mol. The molecule has 1 atom stereocenters. The number of carbonyl (C=O) groups is 1. The zero-order valence-electron chi connectivity index (χ0n) is 16.6. The van der Waals surface area contributed by atoms with E-state index >= 15 is 0 Å². The van der Waals surface area contributed by atoms with E-state index < -0.39 is 17.8 Å². The molecule has 0 aliphatic carbocycles. The fraction of sp³-hybridized carbons (Fsp3) is 0.318. The number of halogens is 3. The summed E-state index contributed by atoms with van der Waals surface area (Å²) >= 11 is 1.27. The SMILES string of the molecule is O=C(NCc1cccc(C(F)(F)F)c1)C1CCCN1c1nc(Cc2ccccc2)ns1. The van der Waals surface area contributed by atoms with E-state index in [4.69, 9.17) is 0 Å². The highest BCUT2D eigenvalue weighted by Crippen LogP contribution is 2.30. The Bertz CT molecular complexity index is 1040. The number of rotatable bonds is 6. The first-order valence-corrected chi connectivity index (χ1v) is 10.7. The van der Waals surface area contributed by atoms with Crippen molar-refractivity contribution in [2.45, 2.75) is 38.0 Å². The summed E-state index contributed by atoms with van der Waals surface area (Å²) in [6.45, 7) is 0.740. The molecule has 5 nitrogen and oxygen atoms in total. The Kier molecular flexibility index (Phi) is 6.22. The molecule has 0 spiro atoms. The molecule has 1 aliphatic rings. The van der Waals surface area contributed by atoms with E-state index in [1.165, 1.54) is 17.6 Å². The number of nitrogens with one attached hydrogen (secondary N) is 1. The minimum atomic E-state index is -4.41. The normalized spacial score (nSPS) is 16.5. The third-order valence-electron chi connectivity index (χ3n) is 5.18. The fourth-order valence-corrected chi connectivity index (χ4v) is 4.41. The zero-order valence-corrected chi connectivity index (χ0v) is 17.4. The molecule has 9 heteroatoms. The van der Waals surface area contributed by atoms with E-state index in [0.29, 0.717) is 35.9 Å². The monoisotopic (exact) mass is 446 g/mol. The van der Waals surface area contributed by atoms with Crippen LogP contribution < -0.4 is 10.2 Å². The highest BCUT2D eigenvalue weighted by molar-refractivity contribution is 7.09. The summed E-state index contributed by atoms with van der Waals surface area (Å²) in [4.78, 5) is 19.3. The molecule has 1 N–H and O–H groups in total. The summed E-state index contributed by atoms with van der Waals surface area (Å²) in [5.74, 6) is 0.496. The van der Waals surface area contributed by atoms with Crippen molar-refractivity contribution in [3.05, 3.63) is 77.1 Å². The van der Waals surface area contributed by atoms with E-state index in [0.717, 1.165) is 24.1 Å². The van der Waals surface area contributed by atoms with Crippen molar-refractivity contribution in [1.29, 1.82) is 0 Å². The van der Waals surface area contributed by atoms with Crippen molar-refractivity contribution in [1.82, 2.24) is 14.7 Å². The summed E-state index contributed by atoms with van der Waals surface area (Å²) < 4.78 is 43.1. The second-order valence-electron chi connectivity index (χ2n) is 7.42. The van der Waals surface area contributed by atoms with Gasteiger partial charge in [0.05, 0.1) is 5.56 Å². The molecule has 1 aromatic heterocycles. The van der Waals surface area contributed by atoms with Crippen molar-refractivity contribution in [3.63, 3.8) is 0 Å². The molecule has 1 amide bonds. The Morgan fingerprint density at radius 1 is 1.13 bits per heavy atom. The number of hydrogen-bond donors (Lipinski definition) is 1. The Morgan fingerprint density at radius 3 is 2.68 bits per heavy atom. The minimum absolute atomic E-state index is 0.0441. The molecule has 1 aliphatic heterocycles. The van der Waals surface area contributed by atoms with Crippen LogP contribution in [0.1, 0.15) is 35.4 Å². The van der Waals surface area contributed by atoms with Gasteiger partial charge in [0.1, 0.15) is 11.9 Å². The number of aromatic nitrogens is 2. The topological polar surface area (TPSA) is 58.1 Å². The maximum Gasteiger partial charge on any atom is 0.416 e. The van der Waals surface area contributed by atoms with Crippen molar-refractivity contribution in [3.8, 4) is 0 Å². The second-order valence-corrected chi connectivity index (χ2v) is 8.15. The van der Waals surface area contributed by atoms with Crippen LogP contribution in [0.5, 0.6) is 0 Å². The Hall–Kier alpha value is -2.94. The van der Waals surface area contributed by atoms with Gasteiger partial charge in [-0.25, -0.2) is 4.98 Å². The first-order valence-electron chi connectivity index (χ1n) is 9.97. The van der Waals surface area contributed by atoms with Crippen molar-refractivity contribution in [2.24, 2.45) is 0 Å². The van der Waals surface area contributed by atoms with Gasteiger partial charge in [-0.15, -0.1) is 0 Å². The number of anilines is 1. The van der Waals surface area contributed by atoms with Gasteiger partial charge in [0, 0.05) is 31.0 Å². The summed E-state index contributed by atoms with van der Waals surface area (Å²) in [7, 11) is 0. The first-order chi connectivity index (χ1) is 14.9. The van der Waals surface area contributed by atoms with Gasteiger partial charge in [-0.3, -0.25) is 4.79 Å². The van der Waals surface area contributed by atoms with E-state index in [1.807, 2.05) is 35.2 Å². The molecule has 0 radical (unpaired) electrons. The summed E-state index contributed by atoms with van der Waals surface area (Å²) in [5, 5.41) is 3.47. The third kappa shape index (κ3) is 5.22. The van der Waals surface area contributed by atoms with Gasteiger partial charge in [-0.2, -0.15) is 17.5 Å². The molecule has 2 aromatic carbocycles. The van der Waals surface area contributed by atoms with Crippen LogP contribution in [-0.4, -0.2) is 27.9 Å². The Morgan fingerprint density at radius 2 is 1.90 bits per heavy atom. The molecule has 1 fully saturated rings. The lowest BCUT2D eigenvalue weighted by Crippen LogP contribution is -2.43. The van der Waals surface area contributed by atoms with Gasteiger partial charge in [-0.05, 0) is 36.1 Å². The van der Waals surface area contributed by atoms with Crippen LogP contribution in [-0.2, 0) is 23.9 Å². The van der Waals surface area contributed by atoms with Crippen LogP contribution in [0.15, 0.2) is 54.6 Å². The van der Waals surface area contributed by atoms with Gasteiger partial charge in [0.2, 0.25) is 11.0 Å². The largest absolute Gasteiger partial charge is 0.416 e. The van der Waals surface area contributed by atoms with Gasteiger partial charge in [0.15, 0.2) is 0 Å². The lowest BCUT2D eigenvalue weighted by Gasteiger charge is -2.22. The summed E-state index contributed by atoms with van der Waals surface area (Å²) in [6.07, 6.45) is -2.27. The molecule has 31 heavy (non-hydrogen) atoms. The molecule has 2 heterocycles. The molecule has 0 saturated carbocycles. The average Bonchev–Trinajstić information content (AvgIpc) is 3.42. The lowest BCUT2D eigenvalue weighted by molar-refractivity contribution is -0.137. The quantitative estimate of drug-likeness (QED) is 0.609. The standard InChI is InChI=1S/C22H21F3N4OS/c23-22(24,25)17-9-4-8-16(12-17)14-26-20(30)18-10-5-11-29(18)21-27-19(28-31-21)13-15-6-2-1-3-7-15/h1-4,6-9,12,18H,5,10-11,13-14H2,(H,26,30). The zero-order chi connectivity index (χ0) is 21.8. The fourth-order valence-electron chi connectivity index (χ4n) is 3.64. The molecule has 1 saturated heterocycles. The number of benzene rings is 2. The predicted octanol–water partition coefficient (Wildman–Crippen LogP) is 4.43. The van der Waals surface area contributed by atoms with Crippen molar-refractivity contribution in [2.75, 3.05) is 11.4 Å². The van der Waals surface area contributed by atoms with Crippen LogP contribution in [0.2, 0.25) is 0 Å². The highest BCUT2D eigenvalue weighted by Gasteiger charge is 2.33. The van der Waals surface area contributed by atoms with Crippen LogP contribution in [0.3, 0.4) is 0 Å². The summed E-state index contributed by atoms with van der Waals surface area (Å²) in [5.41, 5.74) is 0.805. The molecule has 4 rings (SSSR count). The smallest absolute Gasteiger partial charge is 0.350 e. The molecular weight excluding hydrogens is 425 g/mol. The summed E-state index contributed by atoms with van der Waals surface area (Å²) in [6, 6.07) is 14.5. The maximum absolute atomic E-state index is 12.9. The maximum atomic E-state index is 12.9. The predicted molar refractivity (Wildman–Crippen MR) is 113 cm³/mol. The third-order valence-corrected chi connectivity index (χ3v) is 5.98. The van der Waals surface area contributed by atoms with E-state index in [2.05, 4.69) is 14.7 Å². The molecule has 3 aromatic rings. The Labute approximate surface area is 182 Å². The number of carbonyl (C=O) groups excluding carboxylic acids is 1. The van der Waals surface area contributed by atoms with Gasteiger partial charge >= 0.3 is 6.18 Å². The van der Waals surface area contributed by atoms with Gasteiger partial charge < -0.3 is 10.2 Å². The van der Waals surface area contributed by atoms with Crippen molar-refractivity contribution >= 4 is 22.6 Å². The van der Waals surface area contributed by atoms with Crippen LogP contribution in [0, 0.1) is 0 Å². The van der Waals surface area contributed by atoms with E-state index in [9.17, 15) is 18.0 Å². The molecule has 162 valence electrons. The van der Waals surface area contributed by atoms with Crippen LogP contribution >= 0.6 is 11.5 Å². The first kappa shape index (κ1) is 21.3. The number of amides is 1. The number of nitrogens with zero attached hydrogens (tertiary/aromatic N) is 3. The van der Waals surface area contributed by atoms with Crippen molar-refractivity contribution < 1.29 is 18.0 Å². The van der Waals surface area contributed by atoms with Crippen LogP contribution in [0.4, 0.5) is 18.3 Å². The second kappa shape index (κ2) is 9.05. The molecule has 1 unspecified atom stereocenters. The minimum Gasteiger partial charge on any atom is -0.350 e. The van der Waals surface area contributed by atoms with E-state index in [1.54, 1.807) is 6.07 Å². The number of alkyl halides is 3. The molecular formula is C22H21F3N4OS. The number of hydrogen-bond acceptors (Lipinski definition) is 5. The highest BCUT2D eigenvalue weighted by atomic mass is 32.1. The van der Waals surface area contributed by atoms with Gasteiger partial charge in [0.25, 0.3) is 0 Å². The van der Waals surface area contributed by atoms with E-state index in [-0.39, 0.29) is 12.5 Å². The lowest BCUT2D eigenvalue weighted by atomic mass is 10.1.